The molecular weight excluding hydrogens is 186 g/mol. The number of nitrogens with two attached hydrogens (primary N) is 1. The van der Waals surface area contributed by atoms with Gasteiger partial charge in [0.15, 0.2) is 0 Å². The minimum Gasteiger partial charge on any atom is -0.508 e. The Bertz CT molecular complexity index is 351. The molecule has 0 heterocycles. The standard InChI is InChI=1S/C9H11NO4/c1-14-7-3-5(2-6(11)4-7)8(10)9(12)13/h2-4,8,11H,10H2,1H3,(H,12,13)/t8-/m1/s1. The maximum atomic E-state index is 10.6. The Balaban J connectivity index is 3.08. The number of aliphatic carboxylic acids is 1. The molecule has 76 valence electrons. The Morgan fingerprint density at radius 2 is 2.14 bits per heavy atom. The molecule has 0 fully saturated rings. The van der Waals surface area contributed by atoms with E-state index >= 15 is 0 Å². The van der Waals surface area contributed by atoms with Crippen molar-refractivity contribution in [3.63, 3.8) is 0 Å². The van der Waals surface area contributed by atoms with E-state index < -0.39 is 12.0 Å². The van der Waals surface area contributed by atoms with Crippen LogP contribution in [-0.4, -0.2) is 23.3 Å². The summed E-state index contributed by atoms with van der Waals surface area (Å²) in [6.07, 6.45) is 0. The van der Waals surface area contributed by atoms with Gasteiger partial charge in [0.05, 0.1) is 7.11 Å². The molecule has 0 aromatic heterocycles. The van der Waals surface area contributed by atoms with Crippen LogP contribution in [0.1, 0.15) is 11.6 Å². The monoisotopic (exact) mass is 197 g/mol. The van der Waals surface area contributed by atoms with Crippen molar-refractivity contribution in [2.45, 2.75) is 6.04 Å². The number of methoxy groups -OCH3 is 1. The first-order valence-electron chi connectivity index (χ1n) is 3.91. The van der Waals surface area contributed by atoms with Crippen LogP contribution in [-0.2, 0) is 4.79 Å². The van der Waals surface area contributed by atoms with E-state index in [-0.39, 0.29) is 5.75 Å². The quantitative estimate of drug-likeness (QED) is 0.655. The van der Waals surface area contributed by atoms with Crippen LogP contribution in [0.25, 0.3) is 0 Å². The van der Waals surface area contributed by atoms with Crippen LogP contribution >= 0.6 is 0 Å². The molecule has 0 aliphatic heterocycles. The van der Waals surface area contributed by atoms with Crippen molar-refractivity contribution in [1.29, 1.82) is 0 Å². The minimum absolute atomic E-state index is 0.0731. The van der Waals surface area contributed by atoms with Gasteiger partial charge in [-0.25, -0.2) is 0 Å². The first-order valence-corrected chi connectivity index (χ1v) is 3.91. The van der Waals surface area contributed by atoms with E-state index in [4.69, 9.17) is 15.6 Å². The first kappa shape index (κ1) is 10.3. The molecule has 0 radical (unpaired) electrons. The van der Waals surface area contributed by atoms with Crippen molar-refractivity contribution >= 4 is 5.97 Å². The molecule has 0 aliphatic carbocycles. The van der Waals surface area contributed by atoms with Crippen molar-refractivity contribution in [1.82, 2.24) is 0 Å². The maximum absolute atomic E-state index is 10.6. The van der Waals surface area contributed by atoms with Crippen LogP contribution in [0.4, 0.5) is 0 Å². The molecule has 0 unspecified atom stereocenters. The average Bonchev–Trinajstić information content (AvgIpc) is 2.15. The summed E-state index contributed by atoms with van der Waals surface area (Å²) < 4.78 is 4.86. The fourth-order valence-electron chi connectivity index (χ4n) is 1.05. The van der Waals surface area contributed by atoms with Gasteiger partial charge in [0.25, 0.3) is 0 Å². The number of carboxylic acid groups (broad SMARTS) is 1. The van der Waals surface area contributed by atoms with E-state index in [1.54, 1.807) is 0 Å². The highest BCUT2D eigenvalue weighted by atomic mass is 16.5. The van der Waals surface area contributed by atoms with E-state index in [2.05, 4.69) is 0 Å². The lowest BCUT2D eigenvalue weighted by atomic mass is 10.1. The van der Waals surface area contributed by atoms with Gasteiger partial charge in [-0.05, 0) is 17.7 Å². The lowest BCUT2D eigenvalue weighted by molar-refractivity contribution is -0.138. The largest absolute Gasteiger partial charge is 0.508 e. The maximum Gasteiger partial charge on any atom is 0.325 e. The Labute approximate surface area is 80.7 Å². The normalized spacial score (nSPS) is 12.1. The van der Waals surface area contributed by atoms with Gasteiger partial charge in [-0.2, -0.15) is 0 Å². The Kier molecular flexibility index (Phi) is 2.93. The fourth-order valence-corrected chi connectivity index (χ4v) is 1.05. The summed E-state index contributed by atoms with van der Waals surface area (Å²) in [6, 6.07) is 2.98. The molecule has 0 amide bonds. The van der Waals surface area contributed by atoms with Crippen LogP contribution < -0.4 is 10.5 Å². The lowest BCUT2D eigenvalue weighted by Gasteiger charge is -2.09. The second-order valence-corrected chi connectivity index (χ2v) is 2.78. The fraction of sp³-hybridized carbons (Fsp3) is 0.222. The van der Waals surface area contributed by atoms with Gasteiger partial charge in [0, 0.05) is 6.07 Å². The number of carboxylic acids is 1. The lowest BCUT2D eigenvalue weighted by Crippen LogP contribution is -2.20. The molecule has 0 spiro atoms. The van der Waals surface area contributed by atoms with Crippen molar-refractivity contribution < 1.29 is 19.7 Å². The molecule has 0 bridgehead atoms. The van der Waals surface area contributed by atoms with Gasteiger partial charge in [-0.1, -0.05) is 0 Å². The number of ether oxygens (including phenoxy) is 1. The van der Waals surface area contributed by atoms with Gasteiger partial charge in [0.2, 0.25) is 0 Å². The molecule has 0 saturated heterocycles. The highest BCUT2D eigenvalue weighted by molar-refractivity contribution is 5.75. The summed E-state index contributed by atoms with van der Waals surface area (Å²) >= 11 is 0. The van der Waals surface area contributed by atoms with Crippen LogP contribution in [0.2, 0.25) is 0 Å². The molecule has 14 heavy (non-hydrogen) atoms. The Hall–Kier alpha value is -1.75. The highest BCUT2D eigenvalue weighted by Crippen LogP contribution is 2.24. The zero-order chi connectivity index (χ0) is 10.7. The molecule has 1 aromatic rings. The topological polar surface area (TPSA) is 92.8 Å². The van der Waals surface area contributed by atoms with Crippen molar-refractivity contribution in [2.24, 2.45) is 5.73 Å². The summed E-state index contributed by atoms with van der Waals surface area (Å²) in [4.78, 5) is 10.6. The molecule has 4 N–H and O–H groups in total. The van der Waals surface area contributed by atoms with Gasteiger partial charge >= 0.3 is 5.97 Å². The van der Waals surface area contributed by atoms with Crippen LogP contribution in [0.5, 0.6) is 11.5 Å². The van der Waals surface area contributed by atoms with Crippen LogP contribution in [0.15, 0.2) is 18.2 Å². The number of phenols is 1. The molecule has 5 nitrogen and oxygen atoms in total. The third kappa shape index (κ3) is 2.14. The second-order valence-electron chi connectivity index (χ2n) is 2.78. The third-order valence-corrected chi connectivity index (χ3v) is 1.77. The number of carbonyl (C=O) groups is 1. The first-order chi connectivity index (χ1) is 6.54. The van der Waals surface area contributed by atoms with Crippen molar-refractivity contribution in [3.05, 3.63) is 23.8 Å². The zero-order valence-electron chi connectivity index (χ0n) is 7.60. The third-order valence-electron chi connectivity index (χ3n) is 1.77. The van der Waals surface area contributed by atoms with Gasteiger partial charge < -0.3 is 20.7 Å². The average molecular weight is 197 g/mol. The predicted octanol–water partition coefficient (Wildman–Crippen LogP) is 0.485. The molecule has 1 atom stereocenters. The van der Waals surface area contributed by atoms with E-state index in [1.807, 2.05) is 0 Å². The molecule has 0 saturated carbocycles. The van der Waals surface area contributed by atoms with E-state index in [0.717, 1.165) is 0 Å². The molecule has 0 aliphatic rings. The molecule has 1 aromatic carbocycles. The van der Waals surface area contributed by atoms with Crippen LogP contribution in [0.3, 0.4) is 0 Å². The minimum atomic E-state index is -1.16. The Morgan fingerprint density at radius 3 is 2.64 bits per heavy atom. The number of phenolic OH excluding ortho intramolecular Hbond substituents is 1. The van der Waals surface area contributed by atoms with E-state index in [9.17, 15) is 9.90 Å². The van der Waals surface area contributed by atoms with Gasteiger partial charge in [-0.3, -0.25) is 4.79 Å². The summed E-state index contributed by atoms with van der Waals surface area (Å²) in [5.41, 5.74) is 5.66. The summed E-state index contributed by atoms with van der Waals surface area (Å²) in [5, 5.41) is 17.9. The number of hydrogen-bond donors (Lipinski definition) is 3. The van der Waals surface area contributed by atoms with Crippen LogP contribution in [0, 0.1) is 0 Å². The smallest absolute Gasteiger partial charge is 0.325 e. The van der Waals surface area contributed by atoms with Gasteiger partial charge in [-0.15, -0.1) is 0 Å². The molecule has 1 rings (SSSR count). The van der Waals surface area contributed by atoms with E-state index in [0.29, 0.717) is 11.3 Å². The van der Waals surface area contributed by atoms with Crippen molar-refractivity contribution in [2.75, 3.05) is 7.11 Å². The number of hydrogen-bond acceptors (Lipinski definition) is 4. The SMILES string of the molecule is COc1cc(O)cc([C@@H](N)C(=O)O)c1. The number of aromatic hydroxyl groups is 1. The highest BCUT2D eigenvalue weighted by Gasteiger charge is 2.15. The molecular formula is C9H11NO4. The molecule has 5 heteroatoms. The predicted molar refractivity (Wildman–Crippen MR) is 49.2 cm³/mol. The second kappa shape index (κ2) is 3.97. The number of benzene rings is 1. The Morgan fingerprint density at radius 1 is 1.50 bits per heavy atom. The summed E-state index contributed by atoms with van der Waals surface area (Å²) in [6.45, 7) is 0. The summed E-state index contributed by atoms with van der Waals surface area (Å²) in [5.74, 6) is -0.856. The van der Waals surface area contributed by atoms with Gasteiger partial charge in [0.1, 0.15) is 17.5 Å². The van der Waals surface area contributed by atoms with Crippen molar-refractivity contribution in [3.8, 4) is 11.5 Å². The number of rotatable bonds is 3. The zero-order valence-corrected chi connectivity index (χ0v) is 7.60. The summed E-state index contributed by atoms with van der Waals surface area (Å²) in [7, 11) is 1.42. The van der Waals surface area contributed by atoms with E-state index in [1.165, 1.54) is 25.3 Å².